The summed E-state index contributed by atoms with van der Waals surface area (Å²) < 4.78 is 27.2. The predicted octanol–water partition coefficient (Wildman–Crippen LogP) is 1.99. The normalized spacial score (nSPS) is 13.3. The van der Waals surface area contributed by atoms with Crippen LogP contribution in [0.2, 0.25) is 5.02 Å². The van der Waals surface area contributed by atoms with Crippen LogP contribution in [0.25, 0.3) is 0 Å². The molecule has 1 heterocycles. The van der Waals surface area contributed by atoms with Gasteiger partial charge in [0.2, 0.25) is 10.0 Å². The van der Waals surface area contributed by atoms with Crippen LogP contribution < -0.4 is 10.5 Å². The number of nitrogen functional groups attached to an aromatic ring is 1. The number of nitrogens with one attached hydrogen (secondary N) is 2. The predicted molar refractivity (Wildman–Crippen MR) is 77.9 cm³/mol. The summed E-state index contributed by atoms with van der Waals surface area (Å²) in [6, 6.07) is 2.47. The van der Waals surface area contributed by atoms with Crippen molar-refractivity contribution in [2.45, 2.75) is 24.8 Å². The van der Waals surface area contributed by atoms with E-state index in [1.807, 2.05) is 0 Å². The van der Waals surface area contributed by atoms with Crippen molar-refractivity contribution in [1.29, 1.82) is 0 Å². The van der Waals surface area contributed by atoms with Crippen molar-refractivity contribution >= 4 is 27.3 Å². The zero-order chi connectivity index (χ0) is 14.9. The molecule has 0 spiro atoms. The number of benzene rings is 1. The molecule has 0 bridgehead atoms. The van der Waals surface area contributed by atoms with Crippen LogP contribution in [0.5, 0.6) is 0 Å². The minimum absolute atomic E-state index is 0.0300. The number of halogens is 1. The van der Waals surface area contributed by atoms with Crippen molar-refractivity contribution in [3.63, 3.8) is 0 Å². The number of hydrogen-bond donors (Lipinski definition) is 3. The molecule has 0 saturated heterocycles. The van der Waals surface area contributed by atoms with E-state index >= 15 is 0 Å². The van der Waals surface area contributed by atoms with Crippen molar-refractivity contribution in [1.82, 2.24) is 14.9 Å². The second-order valence-electron chi connectivity index (χ2n) is 4.51. The van der Waals surface area contributed by atoms with Gasteiger partial charge in [0.1, 0.15) is 4.90 Å². The Morgan fingerprint density at radius 3 is 2.75 bits per heavy atom. The molecule has 1 atom stereocenters. The van der Waals surface area contributed by atoms with Crippen LogP contribution >= 0.6 is 11.6 Å². The van der Waals surface area contributed by atoms with Gasteiger partial charge in [-0.1, -0.05) is 11.6 Å². The van der Waals surface area contributed by atoms with E-state index in [-0.39, 0.29) is 9.92 Å². The summed E-state index contributed by atoms with van der Waals surface area (Å²) in [6.45, 7) is 3.48. The molecule has 108 valence electrons. The molecule has 2 aromatic rings. The number of aryl methyl sites for hydroxylation is 1. The van der Waals surface area contributed by atoms with E-state index in [4.69, 9.17) is 17.3 Å². The number of hydrogen-bond acceptors (Lipinski definition) is 4. The molecule has 0 aliphatic rings. The van der Waals surface area contributed by atoms with Gasteiger partial charge in [-0.2, -0.15) is 5.10 Å². The fraction of sp³-hybridized carbons (Fsp3) is 0.250. The number of sulfonamides is 1. The summed E-state index contributed by atoms with van der Waals surface area (Å²) in [7, 11) is -3.76. The zero-order valence-electron chi connectivity index (χ0n) is 11.0. The second kappa shape index (κ2) is 5.43. The van der Waals surface area contributed by atoms with E-state index in [1.165, 1.54) is 12.1 Å². The largest absolute Gasteiger partial charge is 0.398 e. The molecule has 0 amide bonds. The summed E-state index contributed by atoms with van der Waals surface area (Å²) in [4.78, 5) is -0.0300. The lowest BCUT2D eigenvalue weighted by molar-refractivity contribution is 0.567. The summed E-state index contributed by atoms with van der Waals surface area (Å²) in [6.07, 6.45) is 3.18. The maximum absolute atomic E-state index is 12.3. The highest BCUT2D eigenvalue weighted by atomic mass is 35.5. The van der Waals surface area contributed by atoms with E-state index in [2.05, 4.69) is 14.9 Å². The molecule has 6 nitrogen and oxygen atoms in total. The minimum atomic E-state index is -3.76. The van der Waals surface area contributed by atoms with Crippen LogP contribution in [0.1, 0.15) is 24.1 Å². The quantitative estimate of drug-likeness (QED) is 0.751. The van der Waals surface area contributed by atoms with E-state index in [9.17, 15) is 8.42 Å². The molecule has 0 saturated carbocycles. The van der Waals surface area contributed by atoms with Gasteiger partial charge < -0.3 is 5.73 Å². The maximum atomic E-state index is 12.3. The van der Waals surface area contributed by atoms with Gasteiger partial charge in [0.25, 0.3) is 0 Å². The summed E-state index contributed by atoms with van der Waals surface area (Å²) >= 11 is 6.00. The van der Waals surface area contributed by atoms with Crippen molar-refractivity contribution in [3.05, 3.63) is 40.7 Å². The molecule has 4 N–H and O–H groups in total. The zero-order valence-corrected chi connectivity index (χ0v) is 12.6. The van der Waals surface area contributed by atoms with Crippen molar-refractivity contribution < 1.29 is 8.42 Å². The number of aromatic nitrogens is 2. The topological polar surface area (TPSA) is 101 Å². The molecule has 0 fully saturated rings. The highest BCUT2D eigenvalue weighted by Gasteiger charge is 2.22. The standard InChI is InChI=1S/C12H15ClN4O2S/c1-7-3-10(13)12(4-11(7)14)20(18,19)17-8(2)9-5-15-16-6-9/h3-6,8,17H,14H2,1-2H3,(H,15,16). The Labute approximate surface area is 122 Å². The summed E-state index contributed by atoms with van der Waals surface area (Å²) in [5, 5.41) is 6.56. The number of anilines is 1. The van der Waals surface area contributed by atoms with Gasteiger partial charge in [-0.15, -0.1) is 0 Å². The molecule has 1 aromatic carbocycles. The molecular formula is C12H15ClN4O2S. The fourth-order valence-corrected chi connectivity index (χ4v) is 3.59. The Morgan fingerprint density at radius 2 is 2.15 bits per heavy atom. The second-order valence-corrected chi connectivity index (χ2v) is 6.60. The first kappa shape index (κ1) is 14.8. The smallest absolute Gasteiger partial charge is 0.242 e. The lowest BCUT2D eigenvalue weighted by Crippen LogP contribution is -2.27. The number of nitrogens with zero attached hydrogens (tertiary/aromatic N) is 1. The van der Waals surface area contributed by atoms with Gasteiger partial charge in [0, 0.05) is 23.5 Å². The van der Waals surface area contributed by atoms with Crippen LogP contribution in [-0.2, 0) is 10.0 Å². The number of aromatic amines is 1. The average Bonchev–Trinajstić information content (AvgIpc) is 2.86. The van der Waals surface area contributed by atoms with Gasteiger partial charge in [-0.3, -0.25) is 5.10 Å². The van der Waals surface area contributed by atoms with E-state index < -0.39 is 16.1 Å². The molecule has 1 aromatic heterocycles. The van der Waals surface area contributed by atoms with Crippen LogP contribution in [0.4, 0.5) is 5.69 Å². The first-order chi connectivity index (χ1) is 9.31. The monoisotopic (exact) mass is 314 g/mol. The van der Waals surface area contributed by atoms with E-state index in [0.717, 1.165) is 11.1 Å². The average molecular weight is 315 g/mol. The molecule has 0 radical (unpaired) electrons. The van der Waals surface area contributed by atoms with Crippen molar-refractivity contribution in [3.8, 4) is 0 Å². The van der Waals surface area contributed by atoms with Gasteiger partial charge in [-0.25, -0.2) is 13.1 Å². The maximum Gasteiger partial charge on any atom is 0.242 e. The van der Waals surface area contributed by atoms with Crippen molar-refractivity contribution in [2.75, 3.05) is 5.73 Å². The first-order valence-corrected chi connectivity index (χ1v) is 7.74. The number of nitrogens with two attached hydrogens (primary N) is 1. The Morgan fingerprint density at radius 1 is 1.45 bits per heavy atom. The molecule has 20 heavy (non-hydrogen) atoms. The molecule has 0 aliphatic carbocycles. The van der Waals surface area contributed by atoms with Crippen LogP contribution in [-0.4, -0.2) is 18.6 Å². The van der Waals surface area contributed by atoms with Gasteiger partial charge in [0.05, 0.1) is 11.2 Å². The molecule has 8 heteroatoms. The Balaban J connectivity index is 2.34. The fourth-order valence-electron chi connectivity index (χ4n) is 1.74. The summed E-state index contributed by atoms with van der Waals surface area (Å²) in [5.74, 6) is 0. The Kier molecular flexibility index (Phi) is 4.03. The number of H-pyrrole nitrogens is 1. The highest BCUT2D eigenvalue weighted by molar-refractivity contribution is 7.89. The minimum Gasteiger partial charge on any atom is -0.398 e. The highest BCUT2D eigenvalue weighted by Crippen LogP contribution is 2.27. The molecule has 0 aliphatic heterocycles. The van der Waals surface area contributed by atoms with Gasteiger partial charge >= 0.3 is 0 Å². The third kappa shape index (κ3) is 2.95. The molecule has 2 rings (SSSR count). The van der Waals surface area contributed by atoms with Crippen LogP contribution in [0.15, 0.2) is 29.4 Å². The third-order valence-corrected chi connectivity index (χ3v) is 4.97. The molecule has 1 unspecified atom stereocenters. The third-order valence-electron chi connectivity index (χ3n) is 2.96. The van der Waals surface area contributed by atoms with Crippen LogP contribution in [0, 0.1) is 6.92 Å². The van der Waals surface area contributed by atoms with Crippen molar-refractivity contribution in [2.24, 2.45) is 0 Å². The lowest BCUT2D eigenvalue weighted by Gasteiger charge is -2.14. The van der Waals surface area contributed by atoms with E-state index in [1.54, 1.807) is 26.2 Å². The van der Waals surface area contributed by atoms with Gasteiger partial charge in [-0.05, 0) is 31.5 Å². The SMILES string of the molecule is Cc1cc(Cl)c(S(=O)(=O)NC(C)c2cn[nH]c2)cc1N. The van der Waals surface area contributed by atoms with Gasteiger partial charge in [0.15, 0.2) is 0 Å². The lowest BCUT2D eigenvalue weighted by atomic mass is 10.2. The van der Waals surface area contributed by atoms with Crippen LogP contribution in [0.3, 0.4) is 0 Å². The summed E-state index contributed by atoms with van der Waals surface area (Å²) in [5.41, 5.74) is 7.59. The molecular weight excluding hydrogens is 300 g/mol. The number of rotatable bonds is 4. The van der Waals surface area contributed by atoms with E-state index in [0.29, 0.717) is 5.69 Å². The first-order valence-electron chi connectivity index (χ1n) is 5.88. The Bertz CT molecular complexity index is 713. The Hall–Kier alpha value is -1.57.